The van der Waals surface area contributed by atoms with Crippen molar-refractivity contribution >= 4 is 5.97 Å². The van der Waals surface area contributed by atoms with Crippen LogP contribution < -0.4 is 4.74 Å². The molecule has 0 atom stereocenters. The molecule has 1 aromatic rings. The van der Waals surface area contributed by atoms with Crippen LogP contribution in [0.15, 0.2) is 6.07 Å². The first-order chi connectivity index (χ1) is 7.51. The minimum Gasteiger partial charge on any atom is -0.494 e. The molecule has 0 fully saturated rings. The fourth-order valence-corrected chi connectivity index (χ4v) is 1.22. The molecule has 0 aromatic carbocycles. The Morgan fingerprint density at radius 2 is 2.06 bits per heavy atom. The first-order valence-corrected chi connectivity index (χ1v) is 4.43. The van der Waals surface area contributed by atoms with Crippen molar-refractivity contribution in [3.63, 3.8) is 0 Å². The van der Waals surface area contributed by atoms with Crippen LogP contribution in [0.5, 0.6) is 5.75 Å². The molecule has 1 rings (SSSR count). The van der Waals surface area contributed by atoms with E-state index in [1.165, 1.54) is 21.1 Å². The van der Waals surface area contributed by atoms with Crippen molar-refractivity contribution in [3.8, 4) is 5.75 Å². The number of carbonyl (C=O) groups excluding carboxylic acids is 1. The molecule has 0 aliphatic carbocycles. The van der Waals surface area contributed by atoms with Crippen molar-refractivity contribution in [2.45, 2.75) is 13.3 Å². The zero-order valence-electron chi connectivity index (χ0n) is 9.08. The van der Waals surface area contributed by atoms with E-state index in [0.717, 1.165) is 6.07 Å². The number of halogens is 2. The summed E-state index contributed by atoms with van der Waals surface area (Å²) < 4.78 is 34.4. The minimum absolute atomic E-state index is 0.0206. The monoisotopic (exact) mass is 231 g/mol. The van der Waals surface area contributed by atoms with Gasteiger partial charge in [0.25, 0.3) is 6.43 Å². The largest absolute Gasteiger partial charge is 0.494 e. The second-order valence-electron chi connectivity index (χ2n) is 3.01. The van der Waals surface area contributed by atoms with Crippen LogP contribution in [0.25, 0.3) is 0 Å². The molecule has 1 heterocycles. The number of pyridine rings is 1. The smallest absolute Gasteiger partial charge is 0.360 e. The maximum atomic E-state index is 12.5. The number of ether oxygens (including phenoxy) is 2. The number of rotatable bonds is 3. The Balaban J connectivity index is 3.32. The average Bonchev–Trinajstić information content (AvgIpc) is 2.27. The molecule has 0 N–H and O–H groups in total. The average molecular weight is 231 g/mol. The number of hydrogen-bond donors (Lipinski definition) is 0. The van der Waals surface area contributed by atoms with Crippen LogP contribution in [0, 0.1) is 6.92 Å². The Hall–Kier alpha value is -1.72. The van der Waals surface area contributed by atoms with Gasteiger partial charge in [0.2, 0.25) is 0 Å². The summed E-state index contributed by atoms with van der Waals surface area (Å²) in [6, 6.07) is 1.10. The van der Waals surface area contributed by atoms with Gasteiger partial charge in [0, 0.05) is 11.3 Å². The zero-order valence-corrected chi connectivity index (χ0v) is 9.08. The number of alkyl halides is 2. The van der Waals surface area contributed by atoms with Crippen molar-refractivity contribution in [3.05, 3.63) is 23.0 Å². The number of aromatic nitrogens is 1. The van der Waals surface area contributed by atoms with Crippen molar-refractivity contribution < 1.29 is 23.0 Å². The zero-order chi connectivity index (χ0) is 12.3. The van der Waals surface area contributed by atoms with Crippen LogP contribution in [0.2, 0.25) is 0 Å². The summed E-state index contributed by atoms with van der Waals surface area (Å²) in [7, 11) is 2.45. The van der Waals surface area contributed by atoms with Crippen LogP contribution in [0.3, 0.4) is 0 Å². The van der Waals surface area contributed by atoms with E-state index in [-0.39, 0.29) is 22.7 Å². The predicted octanol–water partition coefficient (Wildman–Crippen LogP) is 2.12. The van der Waals surface area contributed by atoms with E-state index >= 15 is 0 Å². The van der Waals surface area contributed by atoms with Crippen LogP contribution in [0.1, 0.15) is 28.2 Å². The maximum Gasteiger partial charge on any atom is 0.360 e. The second-order valence-corrected chi connectivity index (χ2v) is 3.01. The summed E-state index contributed by atoms with van der Waals surface area (Å²) in [6.07, 6.45) is -2.66. The lowest BCUT2D eigenvalue weighted by Crippen LogP contribution is -2.09. The number of carbonyl (C=O) groups is 1. The molecule has 0 unspecified atom stereocenters. The third-order valence-corrected chi connectivity index (χ3v) is 2.05. The molecule has 88 valence electrons. The summed E-state index contributed by atoms with van der Waals surface area (Å²) in [5, 5.41) is 0. The van der Waals surface area contributed by atoms with Gasteiger partial charge < -0.3 is 9.47 Å². The summed E-state index contributed by atoms with van der Waals surface area (Å²) in [5.74, 6) is -0.742. The molecule has 0 bridgehead atoms. The van der Waals surface area contributed by atoms with Crippen LogP contribution in [0.4, 0.5) is 8.78 Å². The van der Waals surface area contributed by atoms with Gasteiger partial charge in [-0.2, -0.15) is 0 Å². The highest BCUT2D eigenvalue weighted by atomic mass is 19.3. The second kappa shape index (κ2) is 4.87. The van der Waals surface area contributed by atoms with Crippen LogP contribution in [-0.4, -0.2) is 25.2 Å². The number of esters is 1. The van der Waals surface area contributed by atoms with E-state index in [1.807, 2.05) is 0 Å². The molecule has 0 saturated carbocycles. The quantitative estimate of drug-likeness (QED) is 0.747. The highest BCUT2D eigenvalue weighted by molar-refractivity contribution is 5.90. The van der Waals surface area contributed by atoms with E-state index in [9.17, 15) is 13.6 Å². The SMILES string of the molecule is COC(=O)c1nc(C)c(C(F)F)cc1OC. The Labute approximate surface area is 91.2 Å². The summed E-state index contributed by atoms with van der Waals surface area (Å²) in [5.41, 5.74) is -0.285. The number of hydrogen-bond acceptors (Lipinski definition) is 4. The molecular weight excluding hydrogens is 220 g/mol. The van der Waals surface area contributed by atoms with Crippen molar-refractivity contribution in [2.24, 2.45) is 0 Å². The molecule has 0 amide bonds. The lowest BCUT2D eigenvalue weighted by atomic mass is 10.1. The summed E-state index contributed by atoms with van der Waals surface area (Å²) in [4.78, 5) is 15.0. The fraction of sp³-hybridized carbons (Fsp3) is 0.400. The molecule has 1 aromatic heterocycles. The van der Waals surface area contributed by atoms with Crippen LogP contribution in [-0.2, 0) is 4.74 Å². The van der Waals surface area contributed by atoms with Gasteiger partial charge >= 0.3 is 5.97 Å². The highest BCUT2D eigenvalue weighted by Crippen LogP contribution is 2.27. The normalized spacial score (nSPS) is 10.4. The molecular formula is C10H11F2NO3. The van der Waals surface area contributed by atoms with Crippen molar-refractivity contribution in [1.29, 1.82) is 0 Å². The van der Waals surface area contributed by atoms with E-state index in [2.05, 4.69) is 9.72 Å². The number of aryl methyl sites for hydroxylation is 1. The lowest BCUT2D eigenvalue weighted by molar-refractivity contribution is 0.0589. The first kappa shape index (κ1) is 12.4. The van der Waals surface area contributed by atoms with Gasteiger partial charge in [-0.15, -0.1) is 0 Å². The summed E-state index contributed by atoms with van der Waals surface area (Å²) in [6.45, 7) is 1.40. The Morgan fingerprint density at radius 3 is 2.50 bits per heavy atom. The van der Waals surface area contributed by atoms with Gasteiger partial charge in [-0.1, -0.05) is 0 Å². The third kappa shape index (κ3) is 2.26. The van der Waals surface area contributed by atoms with E-state index < -0.39 is 12.4 Å². The molecule has 0 aliphatic rings. The first-order valence-electron chi connectivity index (χ1n) is 4.43. The lowest BCUT2D eigenvalue weighted by Gasteiger charge is -2.10. The minimum atomic E-state index is -2.66. The van der Waals surface area contributed by atoms with Gasteiger partial charge in [0.05, 0.1) is 14.2 Å². The topological polar surface area (TPSA) is 48.4 Å². The molecule has 4 nitrogen and oxygen atoms in total. The molecule has 0 spiro atoms. The predicted molar refractivity (Wildman–Crippen MR) is 51.8 cm³/mol. The van der Waals surface area contributed by atoms with E-state index in [0.29, 0.717) is 0 Å². The summed E-state index contributed by atoms with van der Waals surface area (Å²) >= 11 is 0. The van der Waals surface area contributed by atoms with Gasteiger partial charge in [-0.25, -0.2) is 18.6 Å². The fourth-order valence-electron chi connectivity index (χ4n) is 1.22. The van der Waals surface area contributed by atoms with Gasteiger partial charge in [-0.3, -0.25) is 0 Å². The van der Waals surface area contributed by atoms with Gasteiger partial charge in [0.15, 0.2) is 11.4 Å². The number of methoxy groups -OCH3 is 2. The molecule has 0 aliphatic heterocycles. The molecule has 0 saturated heterocycles. The Bertz CT molecular complexity index is 407. The van der Waals surface area contributed by atoms with Crippen molar-refractivity contribution in [1.82, 2.24) is 4.98 Å². The molecule has 6 heteroatoms. The van der Waals surface area contributed by atoms with Gasteiger partial charge in [0.1, 0.15) is 0 Å². The number of nitrogens with zero attached hydrogens (tertiary/aromatic N) is 1. The Kier molecular flexibility index (Phi) is 3.76. The molecule has 16 heavy (non-hydrogen) atoms. The highest BCUT2D eigenvalue weighted by Gasteiger charge is 2.20. The maximum absolute atomic E-state index is 12.5. The van der Waals surface area contributed by atoms with Crippen molar-refractivity contribution in [2.75, 3.05) is 14.2 Å². The molecule has 0 radical (unpaired) electrons. The van der Waals surface area contributed by atoms with Crippen LogP contribution >= 0.6 is 0 Å². The van der Waals surface area contributed by atoms with E-state index in [1.54, 1.807) is 0 Å². The van der Waals surface area contributed by atoms with E-state index in [4.69, 9.17) is 4.74 Å². The standard InChI is InChI=1S/C10H11F2NO3/c1-5-6(9(11)12)4-7(15-2)8(13-5)10(14)16-3/h4,9H,1-3H3. The van der Waals surface area contributed by atoms with Gasteiger partial charge in [-0.05, 0) is 13.0 Å². The third-order valence-electron chi connectivity index (χ3n) is 2.05. The Morgan fingerprint density at radius 1 is 1.44 bits per heavy atom.